The first kappa shape index (κ1) is 14.3. The summed E-state index contributed by atoms with van der Waals surface area (Å²) in [6.07, 6.45) is -2.67. The molecule has 0 spiro atoms. The Morgan fingerprint density at radius 3 is 2.24 bits per heavy atom. The minimum atomic E-state index is -4.51. The van der Waals surface area contributed by atoms with Crippen molar-refractivity contribution in [2.75, 3.05) is 0 Å². The van der Waals surface area contributed by atoms with E-state index >= 15 is 0 Å². The van der Waals surface area contributed by atoms with Crippen molar-refractivity contribution >= 4 is 12.4 Å². The summed E-state index contributed by atoms with van der Waals surface area (Å²) in [6, 6.07) is 2.04. The zero-order valence-electron chi connectivity index (χ0n) is 8.80. The number of rotatable bonds is 2. The second kappa shape index (κ2) is 4.82. The Balaban J connectivity index is 0.00000144. The lowest BCUT2D eigenvalue weighted by molar-refractivity contribution is -0.137. The average molecular weight is 270 g/mol. The maximum atomic E-state index is 13.4. The van der Waals surface area contributed by atoms with Crippen molar-refractivity contribution in [1.29, 1.82) is 0 Å². The maximum Gasteiger partial charge on any atom is 0.416 e. The molecule has 0 aliphatic heterocycles. The number of benzene rings is 1. The van der Waals surface area contributed by atoms with Gasteiger partial charge in [-0.3, -0.25) is 0 Å². The molecule has 1 aromatic rings. The van der Waals surface area contributed by atoms with Crippen LogP contribution in [0.2, 0.25) is 0 Å². The standard InChI is InChI=1S/C11H11F4N.ClH/c12-9-5-7(11(13,14)15)3-4-8(9)10(16)6-1-2-6;/h3-6,10H,1-2,16H2;1H/t10-;/m1./s1. The van der Waals surface area contributed by atoms with Gasteiger partial charge in [0.25, 0.3) is 0 Å². The molecule has 0 bridgehead atoms. The lowest BCUT2D eigenvalue weighted by Gasteiger charge is -2.13. The van der Waals surface area contributed by atoms with Gasteiger partial charge in [0.2, 0.25) is 0 Å². The van der Waals surface area contributed by atoms with Crippen LogP contribution in [-0.2, 0) is 6.18 Å². The van der Waals surface area contributed by atoms with Crippen LogP contribution >= 0.6 is 12.4 Å². The third-order valence-corrected chi connectivity index (χ3v) is 2.82. The molecule has 1 atom stereocenters. The minimum Gasteiger partial charge on any atom is -0.324 e. The molecule has 1 saturated carbocycles. The fraction of sp³-hybridized carbons (Fsp3) is 0.455. The van der Waals surface area contributed by atoms with Crippen molar-refractivity contribution in [3.8, 4) is 0 Å². The van der Waals surface area contributed by atoms with Crippen LogP contribution in [0.5, 0.6) is 0 Å². The van der Waals surface area contributed by atoms with Gasteiger partial charge in [0, 0.05) is 11.6 Å². The van der Waals surface area contributed by atoms with E-state index in [9.17, 15) is 17.6 Å². The number of alkyl halides is 3. The summed E-state index contributed by atoms with van der Waals surface area (Å²) < 4.78 is 50.3. The lowest BCUT2D eigenvalue weighted by Crippen LogP contribution is -2.15. The number of hydrogen-bond acceptors (Lipinski definition) is 1. The first-order valence-corrected chi connectivity index (χ1v) is 5.02. The smallest absolute Gasteiger partial charge is 0.324 e. The van der Waals surface area contributed by atoms with E-state index in [1.165, 1.54) is 0 Å². The van der Waals surface area contributed by atoms with E-state index in [0.717, 1.165) is 25.0 Å². The maximum absolute atomic E-state index is 13.4. The first-order chi connectivity index (χ1) is 7.39. The molecule has 0 heterocycles. The Morgan fingerprint density at radius 1 is 1.24 bits per heavy atom. The van der Waals surface area contributed by atoms with Crippen LogP contribution in [0, 0.1) is 11.7 Å². The van der Waals surface area contributed by atoms with Crippen LogP contribution in [0.25, 0.3) is 0 Å². The summed E-state index contributed by atoms with van der Waals surface area (Å²) in [5.41, 5.74) is 4.94. The van der Waals surface area contributed by atoms with Crippen LogP contribution < -0.4 is 5.73 Å². The van der Waals surface area contributed by atoms with Gasteiger partial charge in [0.1, 0.15) is 5.82 Å². The van der Waals surface area contributed by atoms with Gasteiger partial charge in [-0.15, -0.1) is 12.4 Å². The summed E-state index contributed by atoms with van der Waals surface area (Å²) in [7, 11) is 0. The molecule has 17 heavy (non-hydrogen) atoms. The highest BCUT2D eigenvalue weighted by molar-refractivity contribution is 5.85. The highest BCUT2D eigenvalue weighted by Crippen LogP contribution is 2.41. The Hall–Kier alpha value is -0.810. The van der Waals surface area contributed by atoms with Gasteiger partial charge < -0.3 is 5.73 Å². The largest absolute Gasteiger partial charge is 0.416 e. The molecule has 0 unspecified atom stereocenters. The molecular weight excluding hydrogens is 258 g/mol. The summed E-state index contributed by atoms with van der Waals surface area (Å²) >= 11 is 0. The molecule has 96 valence electrons. The molecule has 0 saturated heterocycles. The third kappa shape index (κ3) is 3.10. The van der Waals surface area contributed by atoms with E-state index in [0.29, 0.717) is 6.07 Å². The number of nitrogens with two attached hydrogens (primary N) is 1. The van der Waals surface area contributed by atoms with Crippen LogP contribution in [-0.4, -0.2) is 0 Å². The highest BCUT2D eigenvalue weighted by atomic mass is 35.5. The van der Waals surface area contributed by atoms with Crippen LogP contribution in [0.15, 0.2) is 18.2 Å². The second-order valence-corrected chi connectivity index (χ2v) is 4.10. The predicted octanol–water partition coefficient (Wildman–Crippen LogP) is 3.68. The first-order valence-electron chi connectivity index (χ1n) is 5.02. The third-order valence-electron chi connectivity index (χ3n) is 2.82. The molecule has 0 amide bonds. The van der Waals surface area contributed by atoms with Crippen molar-refractivity contribution in [1.82, 2.24) is 0 Å². The lowest BCUT2D eigenvalue weighted by atomic mass is 10.0. The van der Waals surface area contributed by atoms with E-state index < -0.39 is 23.6 Å². The molecule has 1 aliphatic rings. The zero-order chi connectivity index (χ0) is 11.9. The van der Waals surface area contributed by atoms with Gasteiger partial charge in [-0.1, -0.05) is 6.07 Å². The highest BCUT2D eigenvalue weighted by Gasteiger charge is 2.34. The van der Waals surface area contributed by atoms with Crippen LogP contribution in [0.4, 0.5) is 17.6 Å². The topological polar surface area (TPSA) is 26.0 Å². The van der Waals surface area contributed by atoms with E-state index in [1.54, 1.807) is 0 Å². The Labute approximate surface area is 102 Å². The molecule has 1 nitrogen and oxygen atoms in total. The minimum absolute atomic E-state index is 0. The van der Waals surface area contributed by atoms with Crippen molar-refractivity contribution in [3.63, 3.8) is 0 Å². The van der Waals surface area contributed by atoms with Crippen molar-refractivity contribution in [2.24, 2.45) is 11.7 Å². The van der Waals surface area contributed by atoms with Crippen molar-refractivity contribution in [2.45, 2.75) is 25.1 Å². The summed E-state index contributed by atoms with van der Waals surface area (Å²) in [5.74, 6) is -0.652. The normalized spacial score (nSPS) is 17.5. The predicted molar refractivity (Wildman–Crippen MR) is 58.3 cm³/mol. The zero-order valence-corrected chi connectivity index (χ0v) is 9.61. The summed E-state index contributed by atoms with van der Waals surface area (Å²) in [6.45, 7) is 0. The van der Waals surface area contributed by atoms with E-state index in [2.05, 4.69) is 0 Å². The SMILES string of the molecule is Cl.N[C@@H](c1ccc(C(F)(F)F)cc1F)C1CC1. The fourth-order valence-electron chi connectivity index (χ4n) is 1.68. The van der Waals surface area contributed by atoms with E-state index in [4.69, 9.17) is 5.73 Å². The Morgan fingerprint density at radius 2 is 1.82 bits per heavy atom. The number of halogens is 5. The van der Waals surface area contributed by atoms with Gasteiger partial charge in [0.05, 0.1) is 5.56 Å². The summed E-state index contributed by atoms with van der Waals surface area (Å²) in [5, 5.41) is 0. The molecule has 0 radical (unpaired) electrons. The van der Waals surface area contributed by atoms with Gasteiger partial charge in [-0.05, 0) is 30.9 Å². The van der Waals surface area contributed by atoms with Gasteiger partial charge in [0.15, 0.2) is 0 Å². The summed E-state index contributed by atoms with van der Waals surface area (Å²) in [4.78, 5) is 0. The molecule has 1 aliphatic carbocycles. The van der Waals surface area contributed by atoms with Gasteiger partial charge >= 0.3 is 6.18 Å². The molecule has 1 fully saturated rings. The molecule has 0 aromatic heterocycles. The molecule has 1 aromatic carbocycles. The number of hydrogen-bond donors (Lipinski definition) is 1. The van der Waals surface area contributed by atoms with Crippen LogP contribution in [0.1, 0.15) is 30.0 Å². The average Bonchev–Trinajstić information content (AvgIpc) is 2.98. The van der Waals surface area contributed by atoms with E-state index in [1.807, 2.05) is 0 Å². The molecule has 6 heteroatoms. The molecule has 2 N–H and O–H groups in total. The Kier molecular flexibility index (Phi) is 4.04. The molecule has 2 rings (SSSR count). The fourth-order valence-corrected chi connectivity index (χ4v) is 1.68. The van der Waals surface area contributed by atoms with E-state index in [-0.39, 0.29) is 23.9 Å². The van der Waals surface area contributed by atoms with Gasteiger partial charge in [-0.25, -0.2) is 4.39 Å². The Bertz CT molecular complexity index is 401. The molecular formula is C11H12ClF4N. The van der Waals surface area contributed by atoms with Crippen molar-refractivity contribution < 1.29 is 17.6 Å². The second-order valence-electron chi connectivity index (χ2n) is 4.10. The quantitative estimate of drug-likeness (QED) is 0.815. The monoisotopic (exact) mass is 269 g/mol. The van der Waals surface area contributed by atoms with Crippen molar-refractivity contribution in [3.05, 3.63) is 35.1 Å². The van der Waals surface area contributed by atoms with Gasteiger partial charge in [-0.2, -0.15) is 13.2 Å². The van der Waals surface area contributed by atoms with Crippen LogP contribution in [0.3, 0.4) is 0 Å².